The fourth-order valence-corrected chi connectivity index (χ4v) is 1.56. The molecule has 0 unspecified atom stereocenters. The Bertz CT molecular complexity index is 460. The lowest BCUT2D eigenvalue weighted by molar-refractivity contribution is 0.740. The molecule has 0 aliphatic heterocycles. The second kappa shape index (κ2) is 3.46. The van der Waals surface area contributed by atoms with Gasteiger partial charge < -0.3 is 0 Å². The molecule has 1 heterocycles. The second-order valence-corrected chi connectivity index (χ2v) is 3.64. The van der Waals surface area contributed by atoms with Gasteiger partial charge in [0.2, 0.25) is 0 Å². The number of rotatable bonds is 1. The lowest BCUT2D eigenvalue weighted by atomic mass is 10.1. The molecule has 1 aromatic heterocycles. The summed E-state index contributed by atoms with van der Waals surface area (Å²) < 4.78 is 1.84. The van der Waals surface area contributed by atoms with Crippen LogP contribution in [0.15, 0.2) is 24.4 Å². The minimum absolute atomic E-state index is 0.700. The number of hydrogen-bond acceptors (Lipinski definition) is 1. The summed E-state index contributed by atoms with van der Waals surface area (Å²) in [4.78, 5) is 0. The van der Waals surface area contributed by atoms with Crippen LogP contribution in [-0.2, 0) is 7.05 Å². The standard InChI is InChI=1S/C11H10ClN2/c1-8-11(7-13-14(8)2)9-4-3-5-10(12)6-9/h4-7H,1-2H3. The molecule has 0 bridgehead atoms. The van der Waals surface area contributed by atoms with Crippen LogP contribution in [0.1, 0.15) is 5.69 Å². The Balaban J connectivity index is 2.55. The van der Waals surface area contributed by atoms with E-state index in [1.165, 1.54) is 0 Å². The van der Waals surface area contributed by atoms with Crippen LogP contribution in [0, 0.1) is 13.0 Å². The molecule has 2 nitrogen and oxygen atoms in total. The molecule has 1 radical (unpaired) electrons. The third kappa shape index (κ3) is 1.53. The number of hydrogen-bond donors (Lipinski definition) is 0. The van der Waals surface area contributed by atoms with Gasteiger partial charge in [0.15, 0.2) is 0 Å². The fraction of sp³-hybridized carbons (Fsp3) is 0.182. The summed E-state index contributed by atoms with van der Waals surface area (Å²) in [6, 6.07) is 8.57. The molecule has 2 aromatic rings. The zero-order valence-electron chi connectivity index (χ0n) is 8.08. The first-order valence-electron chi connectivity index (χ1n) is 4.34. The molecular formula is C11H10ClN2. The molecule has 0 N–H and O–H groups in total. The van der Waals surface area contributed by atoms with Crippen molar-refractivity contribution in [2.75, 3.05) is 0 Å². The Morgan fingerprint density at radius 3 is 2.79 bits per heavy atom. The van der Waals surface area contributed by atoms with Crippen LogP contribution in [0.5, 0.6) is 0 Å². The Kier molecular flexibility index (Phi) is 2.30. The quantitative estimate of drug-likeness (QED) is 0.700. The average molecular weight is 206 g/mol. The topological polar surface area (TPSA) is 17.8 Å². The smallest absolute Gasteiger partial charge is 0.0571 e. The minimum Gasteiger partial charge on any atom is -0.272 e. The van der Waals surface area contributed by atoms with Gasteiger partial charge in [0, 0.05) is 23.3 Å². The van der Waals surface area contributed by atoms with E-state index >= 15 is 0 Å². The van der Waals surface area contributed by atoms with Gasteiger partial charge in [0.25, 0.3) is 0 Å². The molecule has 0 aliphatic carbocycles. The summed E-state index contributed by atoms with van der Waals surface area (Å²) >= 11 is 5.90. The third-order valence-electron chi connectivity index (χ3n) is 2.30. The molecule has 14 heavy (non-hydrogen) atoms. The van der Waals surface area contributed by atoms with Crippen LogP contribution >= 0.6 is 11.6 Å². The van der Waals surface area contributed by atoms with E-state index in [-0.39, 0.29) is 0 Å². The second-order valence-electron chi connectivity index (χ2n) is 3.21. The van der Waals surface area contributed by atoms with Crippen LogP contribution in [0.4, 0.5) is 0 Å². The van der Waals surface area contributed by atoms with E-state index in [4.69, 9.17) is 11.6 Å². The average Bonchev–Trinajstić information content (AvgIpc) is 2.48. The first-order valence-corrected chi connectivity index (χ1v) is 4.72. The van der Waals surface area contributed by atoms with E-state index in [9.17, 15) is 0 Å². The van der Waals surface area contributed by atoms with Gasteiger partial charge >= 0.3 is 0 Å². The summed E-state index contributed by atoms with van der Waals surface area (Å²) in [5.41, 5.74) is 3.29. The number of halogens is 1. The molecular weight excluding hydrogens is 196 g/mol. The van der Waals surface area contributed by atoms with Crippen LogP contribution in [-0.4, -0.2) is 9.78 Å². The van der Waals surface area contributed by atoms with Crippen molar-refractivity contribution in [2.45, 2.75) is 6.92 Å². The van der Waals surface area contributed by atoms with E-state index in [0.717, 1.165) is 16.8 Å². The third-order valence-corrected chi connectivity index (χ3v) is 2.52. The normalized spacial score (nSPS) is 10.5. The van der Waals surface area contributed by atoms with Crippen LogP contribution in [0.25, 0.3) is 11.1 Å². The van der Waals surface area contributed by atoms with Crippen molar-refractivity contribution in [3.05, 3.63) is 41.2 Å². The number of benzene rings is 1. The van der Waals surface area contributed by atoms with Crippen molar-refractivity contribution in [1.82, 2.24) is 9.78 Å². The molecule has 3 heteroatoms. The highest BCUT2D eigenvalue weighted by Crippen LogP contribution is 2.24. The van der Waals surface area contributed by atoms with Gasteiger partial charge in [-0.3, -0.25) is 4.68 Å². The summed E-state index contributed by atoms with van der Waals surface area (Å²) in [6.45, 7) is 2.03. The summed E-state index contributed by atoms with van der Waals surface area (Å²) in [6.07, 6.45) is 1.84. The molecule has 0 amide bonds. The summed E-state index contributed by atoms with van der Waals surface area (Å²) in [5, 5.41) is 4.88. The molecule has 0 atom stereocenters. The molecule has 0 aliphatic rings. The van der Waals surface area contributed by atoms with Crippen molar-refractivity contribution in [3.63, 3.8) is 0 Å². The van der Waals surface area contributed by atoms with E-state index in [2.05, 4.69) is 11.2 Å². The highest BCUT2D eigenvalue weighted by molar-refractivity contribution is 6.30. The predicted octanol–water partition coefficient (Wildman–Crippen LogP) is 2.85. The maximum Gasteiger partial charge on any atom is 0.0571 e. The molecule has 1 aromatic carbocycles. The van der Waals surface area contributed by atoms with E-state index in [0.29, 0.717) is 5.02 Å². The Morgan fingerprint density at radius 1 is 1.43 bits per heavy atom. The minimum atomic E-state index is 0.700. The molecule has 0 saturated carbocycles. The van der Waals surface area contributed by atoms with Crippen molar-refractivity contribution in [3.8, 4) is 11.1 Å². The Morgan fingerprint density at radius 2 is 2.21 bits per heavy atom. The Labute approximate surface area is 88.1 Å². The van der Waals surface area contributed by atoms with E-state index < -0.39 is 0 Å². The maximum absolute atomic E-state index is 5.90. The highest BCUT2D eigenvalue weighted by atomic mass is 35.5. The van der Waals surface area contributed by atoms with Crippen LogP contribution in [0.2, 0.25) is 5.02 Å². The fourth-order valence-electron chi connectivity index (χ4n) is 1.38. The molecule has 0 spiro atoms. The first kappa shape index (κ1) is 9.28. The molecule has 0 fully saturated rings. The van der Waals surface area contributed by atoms with Gasteiger partial charge in [-0.05, 0) is 36.8 Å². The van der Waals surface area contributed by atoms with Gasteiger partial charge in [-0.15, -0.1) is 0 Å². The molecule has 0 saturated heterocycles. The van der Waals surface area contributed by atoms with Gasteiger partial charge in [-0.2, -0.15) is 5.10 Å². The summed E-state index contributed by atoms with van der Waals surface area (Å²) in [5.74, 6) is 0. The highest BCUT2D eigenvalue weighted by Gasteiger charge is 2.05. The van der Waals surface area contributed by atoms with Crippen molar-refractivity contribution >= 4 is 11.6 Å². The van der Waals surface area contributed by atoms with Gasteiger partial charge in [0.1, 0.15) is 0 Å². The summed E-state index contributed by atoms with van der Waals surface area (Å²) in [7, 11) is 1.92. The molecule has 71 valence electrons. The van der Waals surface area contributed by atoms with Gasteiger partial charge in [-0.25, -0.2) is 0 Å². The lowest BCUT2D eigenvalue weighted by Gasteiger charge is -2.00. The zero-order valence-corrected chi connectivity index (χ0v) is 8.84. The SMILES string of the molecule is Cc1c(-c2c[c]cc(Cl)c2)cnn1C. The maximum atomic E-state index is 5.90. The monoisotopic (exact) mass is 205 g/mol. The van der Waals surface area contributed by atoms with Crippen molar-refractivity contribution in [2.24, 2.45) is 7.05 Å². The predicted molar refractivity (Wildman–Crippen MR) is 57.2 cm³/mol. The van der Waals surface area contributed by atoms with Crippen LogP contribution in [0.3, 0.4) is 0 Å². The Hall–Kier alpha value is -1.28. The number of aromatic nitrogens is 2. The molecule has 2 rings (SSSR count). The van der Waals surface area contributed by atoms with E-state index in [1.807, 2.05) is 37.0 Å². The zero-order chi connectivity index (χ0) is 10.1. The van der Waals surface area contributed by atoms with E-state index in [1.54, 1.807) is 6.07 Å². The van der Waals surface area contributed by atoms with Crippen molar-refractivity contribution < 1.29 is 0 Å². The number of aryl methyl sites for hydroxylation is 1. The first-order chi connectivity index (χ1) is 6.68. The van der Waals surface area contributed by atoms with Gasteiger partial charge in [-0.1, -0.05) is 11.6 Å². The number of nitrogens with zero attached hydrogens (tertiary/aromatic N) is 2. The lowest BCUT2D eigenvalue weighted by Crippen LogP contribution is -1.92. The van der Waals surface area contributed by atoms with Gasteiger partial charge in [0.05, 0.1) is 6.20 Å². The van der Waals surface area contributed by atoms with Crippen LogP contribution < -0.4 is 0 Å². The largest absolute Gasteiger partial charge is 0.272 e. The van der Waals surface area contributed by atoms with Crippen molar-refractivity contribution in [1.29, 1.82) is 0 Å².